The van der Waals surface area contributed by atoms with Crippen molar-refractivity contribution < 1.29 is 19.3 Å². The summed E-state index contributed by atoms with van der Waals surface area (Å²) in [5.41, 5.74) is 0. The number of aliphatic hydroxyl groups is 1. The molecule has 14 heavy (non-hydrogen) atoms. The van der Waals surface area contributed by atoms with Gasteiger partial charge in [-0.05, 0) is 0 Å². The van der Waals surface area contributed by atoms with Crippen molar-refractivity contribution in [2.24, 2.45) is 0 Å². The molecule has 76 valence electrons. The van der Waals surface area contributed by atoms with Crippen molar-refractivity contribution in [3.05, 3.63) is 17.2 Å². The summed E-state index contributed by atoms with van der Waals surface area (Å²) >= 11 is 5.90. The summed E-state index contributed by atoms with van der Waals surface area (Å²) in [6, 6.07) is 3.29. The van der Waals surface area contributed by atoms with Crippen molar-refractivity contribution in [3.63, 3.8) is 0 Å². The molecule has 0 saturated carbocycles. The topological polar surface area (TPSA) is 47.9 Å². The maximum absolute atomic E-state index is 8.59. The lowest BCUT2D eigenvalue weighted by Crippen LogP contribution is -2.01. The second-order valence-electron chi connectivity index (χ2n) is 2.71. The molecule has 0 fully saturated rings. The third-order valence-electron chi connectivity index (χ3n) is 1.78. The molecule has 0 unspecified atom stereocenters. The largest absolute Gasteiger partial charge is 0.489 e. The lowest BCUT2D eigenvalue weighted by atomic mass is 10.3. The molecule has 1 aromatic carbocycles. The molecule has 0 aromatic heterocycles. The summed E-state index contributed by atoms with van der Waals surface area (Å²) in [5, 5.41) is 9.03. The summed E-state index contributed by atoms with van der Waals surface area (Å²) in [7, 11) is 0. The van der Waals surface area contributed by atoms with Crippen molar-refractivity contribution in [2.75, 3.05) is 20.0 Å². The van der Waals surface area contributed by atoms with E-state index >= 15 is 0 Å². The van der Waals surface area contributed by atoms with Gasteiger partial charge in [0.1, 0.15) is 12.4 Å². The Labute approximate surface area is 86.0 Å². The van der Waals surface area contributed by atoms with Gasteiger partial charge < -0.3 is 19.3 Å². The Hall–Kier alpha value is -1.13. The molecule has 0 atom stereocenters. The Morgan fingerprint density at radius 1 is 1.36 bits per heavy atom. The first kappa shape index (κ1) is 9.43. The highest BCUT2D eigenvalue weighted by atomic mass is 35.5. The number of halogens is 1. The number of aliphatic hydroxyl groups excluding tert-OH is 1. The van der Waals surface area contributed by atoms with E-state index in [4.69, 9.17) is 30.9 Å². The standard InChI is InChI=1S/C9H9ClO4/c10-6-3-8-9(14-5-13-8)4-7(6)12-2-1-11/h3-4,11H,1-2,5H2. The van der Waals surface area contributed by atoms with Gasteiger partial charge in [0.2, 0.25) is 6.79 Å². The van der Waals surface area contributed by atoms with Crippen molar-refractivity contribution in [2.45, 2.75) is 0 Å². The van der Waals surface area contributed by atoms with Gasteiger partial charge in [-0.1, -0.05) is 11.6 Å². The van der Waals surface area contributed by atoms with Crippen LogP contribution in [0.25, 0.3) is 0 Å². The number of benzene rings is 1. The van der Waals surface area contributed by atoms with Crippen molar-refractivity contribution in [1.82, 2.24) is 0 Å². The zero-order chi connectivity index (χ0) is 9.97. The van der Waals surface area contributed by atoms with Crippen LogP contribution < -0.4 is 14.2 Å². The average molecular weight is 217 g/mol. The average Bonchev–Trinajstić information content (AvgIpc) is 2.61. The van der Waals surface area contributed by atoms with Crippen LogP contribution in [0.4, 0.5) is 0 Å². The van der Waals surface area contributed by atoms with Gasteiger partial charge in [0.25, 0.3) is 0 Å². The molecule has 4 nitrogen and oxygen atoms in total. The molecule has 0 spiro atoms. The second kappa shape index (κ2) is 3.94. The Balaban J connectivity index is 2.23. The van der Waals surface area contributed by atoms with Gasteiger partial charge in [-0.2, -0.15) is 0 Å². The first-order chi connectivity index (χ1) is 6.81. The van der Waals surface area contributed by atoms with E-state index in [1.54, 1.807) is 12.1 Å². The van der Waals surface area contributed by atoms with Gasteiger partial charge in [0.05, 0.1) is 11.6 Å². The monoisotopic (exact) mass is 216 g/mol. The molecule has 2 rings (SSSR count). The molecule has 0 aliphatic carbocycles. The van der Waals surface area contributed by atoms with Gasteiger partial charge in [-0.25, -0.2) is 0 Å². The van der Waals surface area contributed by atoms with Crippen LogP contribution in [0.5, 0.6) is 17.2 Å². The van der Waals surface area contributed by atoms with E-state index in [0.717, 1.165) is 0 Å². The lowest BCUT2D eigenvalue weighted by Gasteiger charge is -2.07. The molecule has 0 radical (unpaired) electrons. The SMILES string of the molecule is OCCOc1cc2c(cc1Cl)OCO2. The Kier molecular flexibility index (Phi) is 2.65. The first-order valence-electron chi connectivity index (χ1n) is 4.14. The number of hydrogen-bond donors (Lipinski definition) is 1. The zero-order valence-corrected chi connectivity index (χ0v) is 8.08. The van der Waals surface area contributed by atoms with Crippen LogP contribution in [0.2, 0.25) is 5.02 Å². The van der Waals surface area contributed by atoms with E-state index in [2.05, 4.69) is 0 Å². The van der Waals surface area contributed by atoms with Crippen LogP contribution in [0, 0.1) is 0 Å². The van der Waals surface area contributed by atoms with E-state index in [-0.39, 0.29) is 20.0 Å². The van der Waals surface area contributed by atoms with E-state index in [0.29, 0.717) is 22.3 Å². The van der Waals surface area contributed by atoms with E-state index in [1.807, 2.05) is 0 Å². The Morgan fingerprint density at radius 3 is 2.79 bits per heavy atom. The fraction of sp³-hybridized carbons (Fsp3) is 0.333. The molecule has 0 bridgehead atoms. The minimum Gasteiger partial charge on any atom is -0.489 e. The van der Waals surface area contributed by atoms with Gasteiger partial charge >= 0.3 is 0 Å². The highest BCUT2D eigenvalue weighted by Gasteiger charge is 2.16. The van der Waals surface area contributed by atoms with E-state index in [1.165, 1.54) is 0 Å². The van der Waals surface area contributed by atoms with Crippen LogP contribution in [0.3, 0.4) is 0 Å². The molecule has 5 heteroatoms. The molecule has 1 N–H and O–H groups in total. The predicted octanol–water partition coefficient (Wildman–Crippen LogP) is 1.44. The highest BCUT2D eigenvalue weighted by Crippen LogP contribution is 2.40. The van der Waals surface area contributed by atoms with Gasteiger partial charge in [-0.15, -0.1) is 0 Å². The Bertz CT molecular complexity index is 340. The van der Waals surface area contributed by atoms with Crippen molar-refractivity contribution in [1.29, 1.82) is 0 Å². The Morgan fingerprint density at radius 2 is 2.07 bits per heavy atom. The maximum Gasteiger partial charge on any atom is 0.231 e. The fourth-order valence-electron chi connectivity index (χ4n) is 1.16. The normalized spacial score (nSPS) is 13.0. The smallest absolute Gasteiger partial charge is 0.231 e. The molecular formula is C9H9ClO4. The van der Waals surface area contributed by atoms with Crippen molar-refractivity contribution >= 4 is 11.6 Å². The molecule has 0 amide bonds. The van der Waals surface area contributed by atoms with E-state index in [9.17, 15) is 0 Å². The molecular weight excluding hydrogens is 208 g/mol. The number of rotatable bonds is 3. The van der Waals surface area contributed by atoms with Crippen LogP contribution >= 0.6 is 11.6 Å². The first-order valence-corrected chi connectivity index (χ1v) is 4.52. The van der Waals surface area contributed by atoms with Crippen molar-refractivity contribution in [3.8, 4) is 17.2 Å². The third-order valence-corrected chi connectivity index (χ3v) is 2.07. The van der Waals surface area contributed by atoms with Crippen LogP contribution in [0.15, 0.2) is 12.1 Å². The highest BCUT2D eigenvalue weighted by molar-refractivity contribution is 6.32. The molecule has 0 saturated heterocycles. The van der Waals surface area contributed by atoms with Crippen LogP contribution in [-0.4, -0.2) is 25.1 Å². The summed E-state index contributed by atoms with van der Waals surface area (Å²) in [4.78, 5) is 0. The minimum atomic E-state index is -0.0508. The molecule has 1 aromatic rings. The zero-order valence-electron chi connectivity index (χ0n) is 7.33. The number of ether oxygens (including phenoxy) is 3. The van der Waals surface area contributed by atoms with Crippen LogP contribution in [0.1, 0.15) is 0 Å². The van der Waals surface area contributed by atoms with E-state index < -0.39 is 0 Å². The molecule has 1 aliphatic heterocycles. The minimum absolute atomic E-state index is 0.0508. The lowest BCUT2D eigenvalue weighted by molar-refractivity contribution is 0.173. The fourth-order valence-corrected chi connectivity index (χ4v) is 1.37. The van der Waals surface area contributed by atoms with Gasteiger partial charge in [0, 0.05) is 12.1 Å². The quantitative estimate of drug-likeness (QED) is 0.831. The number of fused-ring (bicyclic) bond motifs is 1. The third kappa shape index (κ3) is 1.71. The van der Waals surface area contributed by atoms with Crippen LogP contribution in [-0.2, 0) is 0 Å². The second-order valence-corrected chi connectivity index (χ2v) is 3.12. The summed E-state index contributed by atoms with van der Waals surface area (Å²) in [5.74, 6) is 1.72. The summed E-state index contributed by atoms with van der Waals surface area (Å²) in [6.07, 6.45) is 0. The van der Waals surface area contributed by atoms with Gasteiger partial charge in [0.15, 0.2) is 11.5 Å². The predicted molar refractivity (Wildman–Crippen MR) is 50.2 cm³/mol. The maximum atomic E-state index is 8.59. The van der Waals surface area contributed by atoms with Gasteiger partial charge in [-0.3, -0.25) is 0 Å². The summed E-state index contributed by atoms with van der Waals surface area (Å²) in [6.45, 7) is 0.360. The summed E-state index contributed by atoms with van der Waals surface area (Å²) < 4.78 is 15.5. The molecule has 1 heterocycles. The number of hydrogen-bond acceptors (Lipinski definition) is 4. The molecule has 1 aliphatic rings.